The molecule has 0 aliphatic heterocycles. The number of aryl methyl sites for hydroxylation is 1. The molecule has 0 aromatic carbocycles. The molecule has 8 heteroatoms. The lowest BCUT2D eigenvalue weighted by atomic mass is 10.2. The fraction of sp³-hybridized carbons (Fsp3) is 0.267. The van der Waals surface area contributed by atoms with Gasteiger partial charge in [0.05, 0.1) is 0 Å². The number of hydrogen-bond acceptors (Lipinski definition) is 7. The van der Waals surface area contributed by atoms with Crippen molar-refractivity contribution in [1.29, 1.82) is 0 Å². The lowest BCUT2D eigenvalue weighted by Gasteiger charge is -2.09. The topological polar surface area (TPSA) is 89.6 Å². The Morgan fingerprint density at radius 2 is 1.87 bits per heavy atom. The molecule has 118 valence electrons. The maximum absolute atomic E-state index is 9.23. The van der Waals surface area contributed by atoms with E-state index in [-0.39, 0.29) is 6.61 Å². The Labute approximate surface area is 137 Å². The van der Waals surface area contributed by atoms with Gasteiger partial charge in [0, 0.05) is 36.3 Å². The SMILES string of the molecule is Cc1nc(-c2ccncc2)nc(Sc2nnc(CO)n2C)c1C. The van der Waals surface area contributed by atoms with Crippen molar-refractivity contribution in [3.05, 3.63) is 41.6 Å². The number of hydrogen-bond donors (Lipinski definition) is 1. The smallest absolute Gasteiger partial charge is 0.197 e. The van der Waals surface area contributed by atoms with Crippen LogP contribution in [0.25, 0.3) is 11.4 Å². The van der Waals surface area contributed by atoms with Crippen LogP contribution in [0.3, 0.4) is 0 Å². The van der Waals surface area contributed by atoms with Crippen molar-refractivity contribution >= 4 is 11.8 Å². The minimum absolute atomic E-state index is 0.145. The van der Waals surface area contributed by atoms with Gasteiger partial charge in [-0.2, -0.15) is 0 Å². The van der Waals surface area contributed by atoms with Crippen molar-refractivity contribution in [2.24, 2.45) is 7.05 Å². The highest BCUT2D eigenvalue weighted by molar-refractivity contribution is 7.99. The summed E-state index contributed by atoms with van der Waals surface area (Å²) in [6.07, 6.45) is 3.44. The van der Waals surface area contributed by atoms with E-state index in [0.717, 1.165) is 21.8 Å². The van der Waals surface area contributed by atoms with E-state index < -0.39 is 0 Å². The Balaban J connectivity index is 2.01. The molecule has 3 aromatic rings. The van der Waals surface area contributed by atoms with E-state index in [2.05, 4.69) is 25.1 Å². The minimum Gasteiger partial charge on any atom is -0.388 e. The van der Waals surface area contributed by atoms with Gasteiger partial charge < -0.3 is 9.67 Å². The van der Waals surface area contributed by atoms with Crippen molar-refractivity contribution in [3.8, 4) is 11.4 Å². The first-order chi connectivity index (χ1) is 11.1. The molecule has 3 rings (SSSR count). The second-order valence-electron chi connectivity index (χ2n) is 5.02. The quantitative estimate of drug-likeness (QED) is 0.732. The minimum atomic E-state index is -0.145. The van der Waals surface area contributed by atoms with Gasteiger partial charge in [0.1, 0.15) is 11.6 Å². The number of rotatable bonds is 4. The summed E-state index contributed by atoms with van der Waals surface area (Å²) in [7, 11) is 1.82. The maximum atomic E-state index is 9.23. The molecule has 0 bridgehead atoms. The Kier molecular flexibility index (Phi) is 4.35. The van der Waals surface area contributed by atoms with Crippen molar-refractivity contribution in [2.45, 2.75) is 30.6 Å². The lowest BCUT2D eigenvalue weighted by Crippen LogP contribution is -2.01. The Bertz CT molecular complexity index is 833. The van der Waals surface area contributed by atoms with Crippen LogP contribution in [0.2, 0.25) is 0 Å². The summed E-state index contributed by atoms with van der Waals surface area (Å²) in [5.74, 6) is 1.17. The van der Waals surface area contributed by atoms with Gasteiger partial charge in [-0.05, 0) is 37.7 Å². The molecular formula is C15H16N6OS. The lowest BCUT2D eigenvalue weighted by molar-refractivity contribution is 0.266. The standard InChI is InChI=1S/C15H16N6OS/c1-9-10(2)17-13(11-4-6-16-7-5-11)18-14(9)23-15-20-19-12(8-22)21(15)3/h4-7,22H,8H2,1-3H3. The number of aromatic nitrogens is 6. The Hall–Kier alpha value is -2.32. The van der Waals surface area contributed by atoms with Crippen LogP contribution in [0.15, 0.2) is 34.7 Å². The third kappa shape index (κ3) is 3.08. The first-order valence-corrected chi connectivity index (χ1v) is 7.84. The molecule has 0 radical (unpaired) electrons. The molecule has 0 aliphatic carbocycles. The van der Waals surface area contributed by atoms with E-state index in [0.29, 0.717) is 16.8 Å². The van der Waals surface area contributed by atoms with E-state index in [9.17, 15) is 5.11 Å². The second kappa shape index (κ2) is 6.43. The molecule has 0 saturated carbocycles. The average molecular weight is 328 g/mol. The van der Waals surface area contributed by atoms with Crippen LogP contribution in [0.1, 0.15) is 17.1 Å². The van der Waals surface area contributed by atoms with Crippen LogP contribution in [0.4, 0.5) is 0 Å². The molecule has 0 aliphatic rings. The second-order valence-corrected chi connectivity index (χ2v) is 5.97. The first kappa shape index (κ1) is 15.6. The molecule has 0 unspecified atom stereocenters. The number of nitrogens with zero attached hydrogens (tertiary/aromatic N) is 6. The van der Waals surface area contributed by atoms with Crippen LogP contribution >= 0.6 is 11.8 Å². The molecule has 23 heavy (non-hydrogen) atoms. The third-order valence-electron chi connectivity index (χ3n) is 3.54. The molecule has 0 amide bonds. The predicted octanol–water partition coefficient (Wildman–Crippen LogP) is 1.93. The maximum Gasteiger partial charge on any atom is 0.197 e. The van der Waals surface area contributed by atoms with Gasteiger partial charge in [-0.3, -0.25) is 4.98 Å². The van der Waals surface area contributed by atoms with Crippen molar-refractivity contribution in [2.75, 3.05) is 0 Å². The summed E-state index contributed by atoms with van der Waals surface area (Å²) >= 11 is 1.41. The summed E-state index contributed by atoms with van der Waals surface area (Å²) in [4.78, 5) is 13.2. The van der Waals surface area contributed by atoms with E-state index in [1.807, 2.05) is 33.0 Å². The Morgan fingerprint density at radius 3 is 2.52 bits per heavy atom. The summed E-state index contributed by atoms with van der Waals surface area (Å²) < 4.78 is 1.76. The number of pyridine rings is 1. The highest BCUT2D eigenvalue weighted by atomic mass is 32.2. The molecule has 3 heterocycles. The van der Waals surface area contributed by atoms with Crippen LogP contribution in [-0.4, -0.2) is 34.8 Å². The fourth-order valence-corrected chi connectivity index (χ4v) is 2.92. The molecule has 0 atom stereocenters. The van der Waals surface area contributed by atoms with Gasteiger partial charge in [-0.25, -0.2) is 9.97 Å². The van der Waals surface area contributed by atoms with Gasteiger partial charge in [-0.1, -0.05) is 0 Å². The Morgan fingerprint density at radius 1 is 1.13 bits per heavy atom. The normalized spacial score (nSPS) is 11.0. The van der Waals surface area contributed by atoms with Crippen LogP contribution in [0.5, 0.6) is 0 Å². The van der Waals surface area contributed by atoms with E-state index in [1.165, 1.54) is 11.8 Å². The molecule has 0 saturated heterocycles. The van der Waals surface area contributed by atoms with Gasteiger partial charge >= 0.3 is 0 Å². The summed E-state index contributed by atoms with van der Waals surface area (Å²) in [6, 6.07) is 3.76. The van der Waals surface area contributed by atoms with Crippen molar-refractivity contribution in [1.82, 2.24) is 29.7 Å². The van der Waals surface area contributed by atoms with E-state index >= 15 is 0 Å². The summed E-state index contributed by atoms with van der Waals surface area (Å²) in [6.45, 7) is 3.80. The highest BCUT2D eigenvalue weighted by Gasteiger charge is 2.15. The third-order valence-corrected chi connectivity index (χ3v) is 4.67. The molecule has 7 nitrogen and oxygen atoms in total. The van der Waals surface area contributed by atoms with Gasteiger partial charge in [0.2, 0.25) is 0 Å². The summed E-state index contributed by atoms with van der Waals surface area (Å²) in [5, 5.41) is 18.8. The van der Waals surface area contributed by atoms with Crippen LogP contribution in [0, 0.1) is 13.8 Å². The van der Waals surface area contributed by atoms with Gasteiger partial charge in [-0.15, -0.1) is 10.2 Å². The number of aliphatic hydroxyl groups is 1. The fourth-order valence-electron chi connectivity index (χ4n) is 1.99. The summed E-state index contributed by atoms with van der Waals surface area (Å²) in [5.41, 5.74) is 2.83. The van der Waals surface area contributed by atoms with Gasteiger partial charge in [0.15, 0.2) is 16.8 Å². The molecule has 0 fully saturated rings. The zero-order valence-corrected chi connectivity index (χ0v) is 13.9. The van der Waals surface area contributed by atoms with Crippen LogP contribution < -0.4 is 0 Å². The highest BCUT2D eigenvalue weighted by Crippen LogP contribution is 2.30. The zero-order valence-electron chi connectivity index (χ0n) is 13.1. The van der Waals surface area contributed by atoms with E-state index in [4.69, 9.17) is 0 Å². The zero-order chi connectivity index (χ0) is 16.4. The first-order valence-electron chi connectivity index (χ1n) is 7.02. The van der Waals surface area contributed by atoms with Gasteiger partial charge in [0.25, 0.3) is 0 Å². The number of aliphatic hydroxyl groups excluding tert-OH is 1. The molecular weight excluding hydrogens is 312 g/mol. The average Bonchev–Trinajstić information content (AvgIpc) is 2.92. The monoisotopic (exact) mass is 328 g/mol. The van der Waals surface area contributed by atoms with Crippen LogP contribution in [-0.2, 0) is 13.7 Å². The van der Waals surface area contributed by atoms with Crippen molar-refractivity contribution < 1.29 is 5.11 Å². The molecule has 3 aromatic heterocycles. The largest absolute Gasteiger partial charge is 0.388 e. The predicted molar refractivity (Wildman–Crippen MR) is 85.8 cm³/mol. The molecule has 0 spiro atoms. The molecule has 1 N–H and O–H groups in total. The van der Waals surface area contributed by atoms with Crippen molar-refractivity contribution in [3.63, 3.8) is 0 Å². The van der Waals surface area contributed by atoms with E-state index in [1.54, 1.807) is 17.0 Å².